The zero-order chi connectivity index (χ0) is 14.0. The number of H-pyrrole nitrogens is 1. The normalized spacial score (nSPS) is 11.6. The molecule has 0 fully saturated rings. The Morgan fingerprint density at radius 1 is 1.32 bits per heavy atom. The summed E-state index contributed by atoms with van der Waals surface area (Å²) < 4.78 is 50.4. The SMILES string of the molecule is O=c1[nH]c(CNc2ccc(C(F)(F)F)cc2F)cs1. The molecular formula is C11H8F4N2OS. The number of aromatic nitrogens is 1. The minimum absolute atomic E-state index is 0.0555. The van der Waals surface area contributed by atoms with Gasteiger partial charge in [-0.2, -0.15) is 13.2 Å². The Bertz CT molecular complexity index is 632. The van der Waals surface area contributed by atoms with Gasteiger partial charge in [-0.15, -0.1) is 0 Å². The van der Waals surface area contributed by atoms with Gasteiger partial charge in [0.05, 0.1) is 17.8 Å². The molecule has 0 atom stereocenters. The van der Waals surface area contributed by atoms with E-state index >= 15 is 0 Å². The molecule has 102 valence electrons. The predicted molar refractivity (Wildman–Crippen MR) is 63.7 cm³/mol. The Balaban J connectivity index is 2.11. The van der Waals surface area contributed by atoms with Crippen molar-refractivity contribution in [3.63, 3.8) is 0 Å². The van der Waals surface area contributed by atoms with Gasteiger partial charge in [0.1, 0.15) is 5.82 Å². The number of benzene rings is 1. The van der Waals surface area contributed by atoms with Gasteiger partial charge >= 0.3 is 11.0 Å². The van der Waals surface area contributed by atoms with Crippen LogP contribution in [0.15, 0.2) is 28.4 Å². The molecule has 0 unspecified atom stereocenters. The third-order valence-corrected chi connectivity index (χ3v) is 3.06. The van der Waals surface area contributed by atoms with E-state index < -0.39 is 17.6 Å². The Labute approximate surface area is 108 Å². The highest BCUT2D eigenvalue weighted by molar-refractivity contribution is 7.07. The molecule has 2 N–H and O–H groups in total. The first-order valence-electron chi connectivity index (χ1n) is 5.13. The van der Waals surface area contributed by atoms with Crippen molar-refractivity contribution < 1.29 is 17.6 Å². The number of hydrogen-bond acceptors (Lipinski definition) is 3. The summed E-state index contributed by atoms with van der Waals surface area (Å²) in [4.78, 5) is 13.1. The fourth-order valence-corrected chi connectivity index (χ4v) is 2.01. The maximum absolute atomic E-state index is 13.5. The molecule has 0 amide bonds. The Morgan fingerprint density at radius 2 is 2.05 bits per heavy atom. The minimum atomic E-state index is -4.57. The minimum Gasteiger partial charge on any atom is -0.377 e. The molecule has 8 heteroatoms. The average molecular weight is 292 g/mol. The van der Waals surface area contributed by atoms with Gasteiger partial charge in [-0.25, -0.2) is 4.39 Å². The van der Waals surface area contributed by atoms with Gasteiger partial charge in [0, 0.05) is 11.1 Å². The molecule has 1 aromatic heterocycles. The first-order chi connectivity index (χ1) is 8.86. The number of anilines is 1. The van der Waals surface area contributed by atoms with Crippen molar-refractivity contribution in [3.8, 4) is 0 Å². The van der Waals surface area contributed by atoms with Gasteiger partial charge in [-0.3, -0.25) is 4.79 Å². The third-order valence-electron chi connectivity index (χ3n) is 2.34. The zero-order valence-electron chi connectivity index (χ0n) is 9.34. The van der Waals surface area contributed by atoms with Crippen molar-refractivity contribution >= 4 is 17.0 Å². The highest BCUT2D eigenvalue weighted by Crippen LogP contribution is 2.31. The van der Waals surface area contributed by atoms with Gasteiger partial charge < -0.3 is 10.3 Å². The second-order valence-corrected chi connectivity index (χ2v) is 4.56. The van der Waals surface area contributed by atoms with E-state index in [1.54, 1.807) is 5.38 Å². The van der Waals surface area contributed by atoms with Crippen molar-refractivity contribution in [1.29, 1.82) is 0 Å². The highest BCUT2D eigenvalue weighted by Gasteiger charge is 2.31. The Morgan fingerprint density at radius 3 is 2.58 bits per heavy atom. The maximum Gasteiger partial charge on any atom is 0.416 e. The molecule has 0 aliphatic rings. The largest absolute Gasteiger partial charge is 0.416 e. The van der Waals surface area contributed by atoms with Crippen LogP contribution in [0.2, 0.25) is 0 Å². The molecule has 0 saturated heterocycles. The highest BCUT2D eigenvalue weighted by atomic mass is 32.1. The van der Waals surface area contributed by atoms with Crippen LogP contribution < -0.4 is 10.2 Å². The van der Waals surface area contributed by atoms with Crippen LogP contribution in [0, 0.1) is 5.82 Å². The van der Waals surface area contributed by atoms with Crippen LogP contribution in [0.5, 0.6) is 0 Å². The van der Waals surface area contributed by atoms with Crippen molar-refractivity contribution in [3.05, 3.63) is 50.3 Å². The van der Waals surface area contributed by atoms with Gasteiger partial charge in [0.25, 0.3) is 0 Å². The van der Waals surface area contributed by atoms with E-state index in [-0.39, 0.29) is 17.1 Å². The van der Waals surface area contributed by atoms with E-state index in [1.165, 1.54) is 0 Å². The first-order valence-corrected chi connectivity index (χ1v) is 6.01. The Hall–Kier alpha value is -1.83. The van der Waals surface area contributed by atoms with E-state index in [1.807, 2.05) is 0 Å². The molecular weight excluding hydrogens is 284 g/mol. The number of alkyl halides is 3. The van der Waals surface area contributed by atoms with Crippen LogP contribution >= 0.6 is 11.3 Å². The second kappa shape index (κ2) is 5.04. The lowest BCUT2D eigenvalue weighted by Gasteiger charge is -2.10. The summed E-state index contributed by atoms with van der Waals surface area (Å²) in [6.07, 6.45) is -4.57. The van der Waals surface area contributed by atoms with Crippen LogP contribution in [0.25, 0.3) is 0 Å². The molecule has 0 aliphatic carbocycles. The Kier molecular flexibility index (Phi) is 3.61. The quantitative estimate of drug-likeness (QED) is 0.853. The van der Waals surface area contributed by atoms with E-state index in [9.17, 15) is 22.4 Å². The second-order valence-electron chi connectivity index (χ2n) is 3.72. The summed E-state index contributed by atoms with van der Waals surface area (Å²) in [6, 6.07) is 2.24. The van der Waals surface area contributed by atoms with Crippen molar-refractivity contribution in [1.82, 2.24) is 4.98 Å². The average Bonchev–Trinajstić information content (AvgIpc) is 2.72. The monoisotopic (exact) mass is 292 g/mol. The van der Waals surface area contributed by atoms with Crippen LogP contribution in [0.3, 0.4) is 0 Å². The van der Waals surface area contributed by atoms with Crippen molar-refractivity contribution in [2.24, 2.45) is 0 Å². The topological polar surface area (TPSA) is 44.9 Å². The summed E-state index contributed by atoms with van der Waals surface area (Å²) in [6.45, 7) is 0.126. The lowest BCUT2D eigenvalue weighted by atomic mass is 10.2. The fourth-order valence-electron chi connectivity index (χ4n) is 1.43. The standard InChI is InChI=1S/C11H8F4N2OS/c12-8-3-6(11(13,14)15)1-2-9(8)16-4-7-5-19-10(18)17-7/h1-3,5,16H,4H2,(H,17,18). The third kappa shape index (κ3) is 3.34. The lowest BCUT2D eigenvalue weighted by molar-refractivity contribution is -0.137. The van der Waals surface area contributed by atoms with Crippen LogP contribution in [-0.4, -0.2) is 4.98 Å². The van der Waals surface area contributed by atoms with Gasteiger partial charge in [0.2, 0.25) is 0 Å². The first kappa shape index (κ1) is 13.6. The number of aromatic amines is 1. The summed E-state index contributed by atoms with van der Waals surface area (Å²) in [5, 5.41) is 4.17. The van der Waals surface area contributed by atoms with Crippen LogP contribution in [0.1, 0.15) is 11.3 Å². The molecule has 0 spiro atoms. The van der Waals surface area contributed by atoms with E-state index in [2.05, 4.69) is 10.3 Å². The smallest absolute Gasteiger partial charge is 0.377 e. The zero-order valence-corrected chi connectivity index (χ0v) is 10.2. The number of thiazole rings is 1. The summed E-state index contributed by atoms with van der Waals surface area (Å²) in [7, 11) is 0. The van der Waals surface area contributed by atoms with Crippen molar-refractivity contribution in [2.45, 2.75) is 12.7 Å². The van der Waals surface area contributed by atoms with Crippen molar-refractivity contribution in [2.75, 3.05) is 5.32 Å². The number of rotatable bonds is 3. The summed E-state index contributed by atoms with van der Waals surface area (Å²) in [5.41, 5.74) is -0.561. The molecule has 0 aliphatic heterocycles. The molecule has 2 rings (SSSR count). The molecule has 19 heavy (non-hydrogen) atoms. The van der Waals surface area contributed by atoms with Gasteiger partial charge in [0.15, 0.2) is 0 Å². The van der Waals surface area contributed by atoms with Crippen LogP contribution in [-0.2, 0) is 12.7 Å². The predicted octanol–water partition coefficient (Wildman–Crippen LogP) is 3.21. The van der Waals surface area contributed by atoms with Gasteiger partial charge in [-0.05, 0) is 18.2 Å². The summed E-state index contributed by atoms with van der Waals surface area (Å²) >= 11 is 0.956. The molecule has 1 aromatic carbocycles. The van der Waals surface area contributed by atoms with Crippen LogP contribution in [0.4, 0.5) is 23.2 Å². The fraction of sp³-hybridized carbons (Fsp3) is 0.182. The lowest BCUT2D eigenvalue weighted by Crippen LogP contribution is -2.08. The van der Waals surface area contributed by atoms with Gasteiger partial charge in [-0.1, -0.05) is 11.3 Å². The molecule has 0 saturated carbocycles. The van der Waals surface area contributed by atoms with E-state index in [0.717, 1.165) is 23.5 Å². The van der Waals surface area contributed by atoms with E-state index in [0.29, 0.717) is 11.8 Å². The van der Waals surface area contributed by atoms with E-state index in [4.69, 9.17) is 0 Å². The number of halogens is 4. The number of hydrogen-bond donors (Lipinski definition) is 2. The molecule has 2 aromatic rings. The molecule has 1 heterocycles. The molecule has 0 radical (unpaired) electrons. The maximum atomic E-state index is 13.5. The summed E-state index contributed by atoms with van der Waals surface area (Å²) in [5.74, 6) is -0.993. The number of nitrogens with one attached hydrogen (secondary N) is 2. The molecule has 3 nitrogen and oxygen atoms in total. The molecule has 0 bridgehead atoms.